The van der Waals surface area contributed by atoms with E-state index in [1.54, 1.807) is 11.8 Å². The second kappa shape index (κ2) is 8.49. The Morgan fingerprint density at radius 1 is 1.38 bits per heavy atom. The van der Waals surface area contributed by atoms with Crippen LogP contribution in [0.4, 0.5) is 0 Å². The van der Waals surface area contributed by atoms with Gasteiger partial charge in [-0.3, -0.25) is 4.79 Å². The molecule has 0 heterocycles. The molecule has 0 radical (unpaired) electrons. The van der Waals surface area contributed by atoms with Crippen molar-refractivity contribution in [1.82, 2.24) is 10.6 Å². The van der Waals surface area contributed by atoms with E-state index in [0.717, 1.165) is 5.75 Å². The number of amides is 1. The number of hydrogen-bond acceptors (Lipinski definition) is 3. The van der Waals surface area contributed by atoms with Crippen LogP contribution in [0.3, 0.4) is 0 Å². The van der Waals surface area contributed by atoms with Gasteiger partial charge in [0.1, 0.15) is 0 Å². The van der Waals surface area contributed by atoms with Gasteiger partial charge in [0.2, 0.25) is 5.91 Å². The molecule has 92 valence electrons. The normalized spacial score (nSPS) is 10.9. The Morgan fingerprint density at radius 2 is 2.06 bits per heavy atom. The molecule has 16 heavy (non-hydrogen) atoms. The third-order valence-electron chi connectivity index (χ3n) is 1.76. The Kier molecular flexibility index (Phi) is 8.14. The summed E-state index contributed by atoms with van der Waals surface area (Å²) in [6.07, 6.45) is 5.64. The minimum Gasteiger partial charge on any atom is -0.355 e. The zero-order valence-corrected chi connectivity index (χ0v) is 11.2. The maximum Gasteiger partial charge on any atom is 0.221 e. The first kappa shape index (κ1) is 15.3. The molecule has 0 unspecified atom stereocenters. The first-order valence-electron chi connectivity index (χ1n) is 5.48. The van der Waals surface area contributed by atoms with E-state index in [1.165, 1.54) is 0 Å². The molecule has 2 N–H and O–H groups in total. The van der Waals surface area contributed by atoms with Crippen molar-refractivity contribution in [1.29, 1.82) is 0 Å². The van der Waals surface area contributed by atoms with Crippen molar-refractivity contribution in [2.24, 2.45) is 0 Å². The zero-order chi connectivity index (χ0) is 12.4. The summed E-state index contributed by atoms with van der Waals surface area (Å²) in [5.41, 5.74) is 0.0723. The molecule has 4 heteroatoms. The molecule has 0 aromatic carbocycles. The maximum atomic E-state index is 11.4. The molecule has 3 nitrogen and oxygen atoms in total. The molecule has 0 fully saturated rings. The molecule has 0 bridgehead atoms. The molecule has 0 saturated heterocycles. The highest BCUT2D eigenvalue weighted by Crippen LogP contribution is 1.98. The Bertz CT molecular complexity index is 240. The smallest absolute Gasteiger partial charge is 0.221 e. The Labute approximate surface area is 103 Å². The predicted octanol–water partition coefficient (Wildman–Crippen LogP) is 1.25. The van der Waals surface area contributed by atoms with E-state index in [9.17, 15) is 4.79 Å². The summed E-state index contributed by atoms with van der Waals surface area (Å²) in [5.74, 6) is 4.23. The summed E-state index contributed by atoms with van der Waals surface area (Å²) < 4.78 is 0. The first-order valence-corrected chi connectivity index (χ1v) is 6.64. The number of terminal acetylenes is 1. The Morgan fingerprint density at radius 3 is 2.62 bits per heavy atom. The summed E-state index contributed by atoms with van der Waals surface area (Å²) in [7, 11) is 0. The minimum atomic E-state index is 0.0723. The number of hydrogen-bond donors (Lipinski definition) is 2. The largest absolute Gasteiger partial charge is 0.355 e. The molecule has 0 saturated carbocycles. The second-order valence-electron chi connectivity index (χ2n) is 4.53. The summed E-state index contributed by atoms with van der Waals surface area (Å²) >= 11 is 1.66. The average molecular weight is 242 g/mol. The van der Waals surface area contributed by atoms with Gasteiger partial charge in [-0.15, -0.1) is 18.2 Å². The highest BCUT2D eigenvalue weighted by molar-refractivity contribution is 7.99. The van der Waals surface area contributed by atoms with Gasteiger partial charge in [-0.25, -0.2) is 0 Å². The molecule has 0 rings (SSSR count). The predicted molar refractivity (Wildman–Crippen MR) is 71.5 cm³/mol. The summed E-state index contributed by atoms with van der Waals surface area (Å²) in [6, 6.07) is 0. The highest BCUT2D eigenvalue weighted by atomic mass is 32.2. The molecule has 0 aliphatic heterocycles. The van der Waals surface area contributed by atoms with E-state index in [-0.39, 0.29) is 11.4 Å². The van der Waals surface area contributed by atoms with E-state index < -0.39 is 0 Å². The second-order valence-corrected chi connectivity index (χ2v) is 5.64. The molecule has 1 amide bonds. The van der Waals surface area contributed by atoms with Crippen molar-refractivity contribution in [2.45, 2.75) is 32.7 Å². The van der Waals surface area contributed by atoms with Crippen molar-refractivity contribution in [2.75, 3.05) is 24.6 Å². The van der Waals surface area contributed by atoms with Crippen molar-refractivity contribution in [3.63, 3.8) is 0 Å². The molecule has 0 aromatic rings. The van der Waals surface area contributed by atoms with E-state index in [0.29, 0.717) is 25.3 Å². The van der Waals surface area contributed by atoms with Gasteiger partial charge in [0, 0.05) is 30.8 Å². The van der Waals surface area contributed by atoms with Gasteiger partial charge in [-0.1, -0.05) is 5.92 Å². The topological polar surface area (TPSA) is 41.1 Å². The van der Waals surface area contributed by atoms with Crippen LogP contribution in [0.15, 0.2) is 0 Å². The van der Waals surface area contributed by atoms with Gasteiger partial charge in [-0.2, -0.15) is 0 Å². The van der Waals surface area contributed by atoms with Crippen LogP contribution in [0.2, 0.25) is 0 Å². The van der Waals surface area contributed by atoms with Crippen LogP contribution >= 0.6 is 11.8 Å². The lowest BCUT2D eigenvalue weighted by atomic mass is 10.1. The van der Waals surface area contributed by atoms with E-state index in [2.05, 4.69) is 37.3 Å². The summed E-state index contributed by atoms with van der Waals surface area (Å²) in [4.78, 5) is 11.4. The van der Waals surface area contributed by atoms with Gasteiger partial charge in [0.05, 0.1) is 5.75 Å². The molecule has 0 spiro atoms. The molecule has 0 aliphatic carbocycles. The number of nitrogens with one attached hydrogen (secondary N) is 2. The lowest BCUT2D eigenvalue weighted by Gasteiger charge is -2.20. The van der Waals surface area contributed by atoms with Crippen LogP contribution < -0.4 is 10.6 Å². The Balaban J connectivity index is 3.36. The molecule has 0 aliphatic rings. The van der Waals surface area contributed by atoms with Gasteiger partial charge < -0.3 is 10.6 Å². The zero-order valence-electron chi connectivity index (χ0n) is 10.4. The van der Waals surface area contributed by atoms with Crippen molar-refractivity contribution >= 4 is 17.7 Å². The first-order chi connectivity index (χ1) is 7.45. The fourth-order valence-corrected chi connectivity index (χ4v) is 1.54. The number of rotatable bonds is 7. The van der Waals surface area contributed by atoms with Gasteiger partial charge in [-0.05, 0) is 20.8 Å². The quantitative estimate of drug-likeness (QED) is 0.521. The van der Waals surface area contributed by atoms with Gasteiger partial charge in [0.15, 0.2) is 0 Å². The average Bonchev–Trinajstić information content (AvgIpc) is 2.15. The molecule has 0 atom stereocenters. The van der Waals surface area contributed by atoms with E-state index >= 15 is 0 Å². The molecular formula is C12H22N2OS. The SMILES string of the molecule is C#CCSCCNC(=O)CCNC(C)(C)C. The molecule has 0 aromatic heterocycles. The van der Waals surface area contributed by atoms with Crippen molar-refractivity contribution in [3.8, 4) is 12.3 Å². The number of carbonyl (C=O) groups is 1. The Hall–Kier alpha value is -0.660. The van der Waals surface area contributed by atoms with Crippen molar-refractivity contribution < 1.29 is 4.79 Å². The highest BCUT2D eigenvalue weighted by Gasteiger charge is 2.08. The summed E-state index contributed by atoms with van der Waals surface area (Å²) in [6.45, 7) is 7.66. The monoisotopic (exact) mass is 242 g/mol. The van der Waals surface area contributed by atoms with Crippen LogP contribution in [0.25, 0.3) is 0 Å². The maximum absolute atomic E-state index is 11.4. The third kappa shape index (κ3) is 11.4. The van der Waals surface area contributed by atoms with Crippen LogP contribution in [0, 0.1) is 12.3 Å². The third-order valence-corrected chi connectivity index (χ3v) is 2.62. The lowest BCUT2D eigenvalue weighted by Crippen LogP contribution is -2.38. The van der Waals surface area contributed by atoms with Crippen LogP contribution in [-0.2, 0) is 4.79 Å². The number of carbonyl (C=O) groups excluding carboxylic acids is 1. The van der Waals surface area contributed by atoms with Gasteiger partial charge in [0.25, 0.3) is 0 Å². The minimum absolute atomic E-state index is 0.0723. The van der Waals surface area contributed by atoms with E-state index in [4.69, 9.17) is 6.42 Å². The van der Waals surface area contributed by atoms with Crippen molar-refractivity contribution in [3.05, 3.63) is 0 Å². The van der Waals surface area contributed by atoms with Crippen LogP contribution in [0.1, 0.15) is 27.2 Å². The fraction of sp³-hybridized carbons (Fsp3) is 0.750. The number of thioether (sulfide) groups is 1. The van der Waals surface area contributed by atoms with Crippen LogP contribution in [-0.4, -0.2) is 36.0 Å². The van der Waals surface area contributed by atoms with Crippen LogP contribution in [0.5, 0.6) is 0 Å². The van der Waals surface area contributed by atoms with E-state index in [1.807, 2.05) is 0 Å². The fourth-order valence-electron chi connectivity index (χ4n) is 1.03. The summed E-state index contributed by atoms with van der Waals surface area (Å²) in [5, 5.41) is 6.13. The standard InChI is InChI=1S/C12H22N2OS/c1-5-9-16-10-8-13-11(15)6-7-14-12(2,3)4/h1,14H,6-10H2,2-4H3,(H,13,15). The van der Waals surface area contributed by atoms with Gasteiger partial charge >= 0.3 is 0 Å². The lowest BCUT2D eigenvalue weighted by molar-refractivity contribution is -0.120. The molecular weight excluding hydrogens is 220 g/mol.